The van der Waals surface area contributed by atoms with Crippen LogP contribution >= 0.6 is 38.9 Å². The van der Waals surface area contributed by atoms with E-state index >= 15 is 0 Å². The second-order valence-electron chi connectivity index (χ2n) is 3.06. The van der Waals surface area contributed by atoms with E-state index in [0.717, 1.165) is 11.2 Å². The zero-order valence-electron chi connectivity index (χ0n) is 7.84. The van der Waals surface area contributed by atoms with Crippen LogP contribution in [-0.4, -0.2) is 6.29 Å². The van der Waals surface area contributed by atoms with Gasteiger partial charge in [0, 0.05) is 14.9 Å². The summed E-state index contributed by atoms with van der Waals surface area (Å²) in [4.78, 5) is 12.0. The third-order valence-electron chi connectivity index (χ3n) is 2.00. The molecule has 0 amide bonds. The van der Waals surface area contributed by atoms with E-state index in [2.05, 4.69) is 15.9 Å². The third-order valence-corrected chi connectivity index (χ3v) is 3.95. The highest BCUT2D eigenvalue weighted by molar-refractivity contribution is 9.10. The Labute approximate surface area is 109 Å². The average molecular weight is 320 g/mol. The number of hydrogen-bond acceptors (Lipinski definition) is 2. The number of thiophene rings is 1. The molecule has 1 aromatic carbocycles. The van der Waals surface area contributed by atoms with Gasteiger partial charge in [0.2, 0.25) is 0 Å². The highest BCUT2D eigenvalue weighted by atomic mass is 79.9. The Morgan fingerprint density at radius 3 is 2.69 bits per heavy atom. The Morgan fingerprint density at radius 1 is 1.38 bits per heavy atom. The smallest absolute Gasteiger partial charge is 0.160 e. The SMILES string of the molecule is O=Cc1ccc(-c2c(Cl)cc(F)cc2Br)s1. The van der Waals surface area contributed by atoms with Crippen LogP contribution in [0.4, 0.5) is 4.39 Å². The van der Waals surface area contributed by atoms with E-state index < -0.39 is 5.82 Å². The van der Waals surface area contributed by atoms with Crippen molar-refractivity contribution in [2.45, 2.75) is 0 Å². The first-order valence-corrected chi connectivity index (χ1v) is 6.30. The zero-order chi connectivity index (χ0) is 11.7. The van der Waals surface area contributed by atoms with Crippen molar-refractivity contribution in [1.29, 1.82) is 0 Å². The van der Waals surface area contributed by atoms with Crippen LogP contribution in [0.25, 0.3) is 10.4 Å². The molecule has 1 aromatic heterocycles. The Balaban J connectivity index is 2.59. The lowest BCUT2D eigenvalue weighted by molar-refractivity contribution is 0.112. The predicted molar refractivity (Wildman–Crippen MR) is 67.8 cm³/mol. The maximum absolute atomic E-state index is 13.0. The fraction of sp³-hybridized carbons (Fsp3) is 0. The molecule has 82 valence electrons. The number of aldehydes is 1. The predicted octanol–water partition coefficient (Wildman–Crippen LogP) is 4.78. The van der Waals surface area contributed by atoms with Crippen LogP contribution in [0.3, 0.4) is 0 Å². The number of hydrogen-bond donors (Lipinski definition) is 0. The molecule has 0 radical (unpaired) electrons. The van der Waals surface area contributed by atoms with Gasteiger partial charge in [0.15, 0.2) is 6.29 Å². The molecule has 2 rings (SSSR count). The third kappa shape index (κ3) is 2.19. The Hall–Kier alpha value is -0.710. The van der Waals surface area contributed by atoms with E-state index in [0.29, 0.717) is 19.9 Å². The van der Waals surface area contributed by atoms with Crippen molar-refractivity contribution in [2.75, 3.05) is 0 Å². The minimum absolute atomic E-state index is 0.325. The van der Waals surface area contributed by atoms with Gasteiger partial charge in [0.1, 0.15) is 5.82 Å². The fourth-order valence-electron chi connectivity index (χ4n) is 1.33. The summed E-state index contributed by atoms with van der Waals surface area (Å²) in [6.45, 7) is 0. The first-order chi connectivity index (χ1) is 7.61. The van der Waals surface area contributed by atoms with Crippen LogP contribution < -0.4 is 0 Å². The summed E-state index contributed by atoms with van der Waals surface area (Å²) in [5, 5.41) is 0.325. The van der Waals surface area contributed by atoms with Gasteiger partial charge in [0.25, 0.3) is 0 Å². The highest BCUT2D eigenvalue weighted by Gasteiger charge is 2.12. The van der Waals surface area contributed by atoms with Crippen LogP contribution in [0.2, 0.25) is 5.02 Å². The van der Waals surface area contributed by atoms with Gasteiger partial charge in [-0.3, -0.25) is 4.79 Å². The second-order valence-corrected chi connectivity index (χ2v) is 5.44. The number of carbonyl (C=O) groups excluding carboxylic acids is 1. The molecule has 0 aliphatic rings. The van der Waals surface area contributed by atoms with Gasteiger partial charge in [-0.2, -0.15) is 0 Å². The quantitative estimate of drug-likeness (QED) is 0.728. The number of halogens is 3. The Morgan fingerprint density at radius 2 is 2.12 bits per heavy atom. The number of carbonyl (C=O) groups is 1. The van der Waals surface area contributed by atoms with Crippen molar-refractivity contribution in [3.05, 3.63) is 44.5 Å². The summed E-state index contributed by atoms with van der Waals surface area (Å²) in [6.07, 6.45) is 0.777. The lowest BCUT2D eigenvalue weighted by Crippen LogP contribution is -1.81. The normalized spacial score (nSPS) is 10.4. The van der Waals surface area contributed by atoms with Gasteiger partial charge in [-0.1, -0.05) is 11.6 Å². The topological polar surface area (TPSA) is 17.1 Å². The molecule has 0 spiro atoms. The van der Waals surface area contributed by atoms with Crippen LogP contribution in [-0.2, 0) is 0 Å². The molecule has 0 atom stereocenters. The molecule has 0 fully saturated rings. The second kappa shape index (κ2) is 4.65. The molecule has 2 aromatic rings. The molecule has 0 N–H and O–H groups in total. The summed E-state index contributed by atoms with van der Waals surface area (Å²) in [6, 6.07) is 6.10. The first kappa shape index (κ1) is 11.8. The summed E-state index contributed by atoms with van der Waals surface area (Å²) >= 11 is 10.5. The molecule has 0 aliphatic carbocycles. The Kier molecular flexibility index (Phi) is 3.42. The molecule has 0 saturated heterocycles. The fourth-order valence-corrected chi connectivity index (χ4v) is 3.48. The molecule has 0 aliphatic heterocycles. The number of benzene rings is 1. The van der Waals surface area contributed by atoms with Gasteiger partial charge in [0.05, 0.1) is 9.90 Å². The monoisotopic (exact) mass is 318 g/mol. The van der Waals surface area contributed by atoms with Gasteiger partial charge in [-0.05, 0) is 40.2 Å². The van der Waals surface area contributed by atoms with Gasteiger partial charge in [-0.15, -0.1) is 11.3 Å². The lowest BCUT2D eigenvalue weighted by atomic mass is 10.2. The van der Waals surface area contributed by atoms with E-state index in [1.165, 1.54) is 23.5 Å². The van der Waals surface area contributed by atoms with Crippen LogP contribution in [0.5, 0.6) is 0 Å². The van der Waals surface area contributed by atoms with Crippen LogP contribution in [0, 0.1) is 5.82 Å². The summed E-state index contributed by atoms with van der Waals surface area (Å²) in [7, 11) is 0. The van der Waals surface area contributed by atoms with Crippen molar-refractivity contribution >= 4 is 45.2 Å². The molecule has 16 heavy (non-hydrogen) atoms. The minimum atomic E-state index is -0.396. The van der Waals surface area contributed by atoms with Crippen molar-refractivity contribution < 1.29 is 9.18 Å². The summed E-state index contributed by atoms with van der Waals surface area (Å²) < 4.78 is 13.6. The standard InChI is InChI=1S/C11H5BrClFOS/c12-8-3-6(14)4-9(13)11(8)10-2-1-7(5-15)16-10/h1-5H. The van der Waals surface area contributed by atoms with E-state index in [1.54, 1.807) is 12.1 Å². The highest BCUT2D eigenvalue weighted by Crippen LogP contribution is 2.38. The maximum atomic E-state index is 13.0. The van der Waals surface area contributed by atoms with Crippen LogP contribution in [0.1, 0.15) is 9.67 Å². The molecule has 1 nitrogen and oxygen atoms in total. The maximum Gasteiger partial charge on any atom is 0.160 e. The molecule has 5 heteroatoms. The zero-order valence-corrected chi connectivity index (χ0v) is 11.0. The van der Waals surface area contributed by atoms with E-state index in [-0.39, 0.29) is 0 Å². The first-order valence-electron chi connectivity index (χ1n) is 4.31. The molecule has 0 unspecified atom stereocenters. The molecule has 0 saturated carbocycles. The van der Waals surface area contributed by atoms with E-state index in [1.807, 2.05) is 0 Å². The molecular formula is C11H5BrClFOS. The van der Waals surface area contributed by atoms with Crippen LogP contribution in [0.15, 0.2) is 28.7 Å². The largest absolute Gasteiger partial charge is 0.297 e. The average Bonchev–Trinajstić information content (AvgIpc) is 2.64. The van der Waals surface area contributed by atoms with Gasteiger partial charge in [-0.25, -0.2) is 4.39 Å². The van der Waals surface area contributed by atoms with Crippen molar-refractivity contribution in [1.82, 2.24) is 0 Å². The minimum Gasteiger partial charge on any atom is -0.297 e. The van der Waals surface area contributed by atoms with E-state index in [9.17, 15) is 9.18 Å². The summed E-state index contributed by atoms with van der Waals surface area (Å²) in [5.74, 6) is -0.396. The molecule has 0 bridgehead atoms. The van der Waals surface area contributed by atoms with Crippen molar-refractivity contribution in [3.63, 3.8) is 0 Å². The van der Waals surface area contributed by atoms with Gasteiger partial charge < -0.3 is 0 Å². The molecule has 1 heterocycles. The van der Waals surface area contributed by atoms with Crippen molar-refractivity contribution in [2.24, 2.45) is 0 Å². The van der Waals surface area contributed by atoms with E-state index in [4.69, 9.17) is 11.6 Å². The van der Waals surface area contributed by atoms with Gasteiger partial charge >= 0.3 is 0 Å². The van der Waals surface area contributed by atoms with Crippen molar-refractivity contribution in [3.8, 4) is 10.4 Å². The Bertz CT molecular complexity index is 530. The summed E-state index contributed by atoms with van der Waals surface area (Å²) in [5.41, 5.74) is 0.709. The molecular weight excluding hydrogens is 315 g/mol. The number of rotatable bonds is 2. The lowest BCUT2D eigenvalue weighted by Gasteiger charge is -2.04.